The van der Waals surface area contributed by atoms with Crippen molar-refractivity contribution in [1.29, 1.82) is 0 Å². The minimum absolute atomic E-state index is 0.00829. The predicted octanol–water partition coefficient (Wildman–Crippen LogP) is 0.426. The van der Waals surface area contributed by atoms with Gasteiger partial charge in [0.15, 0.2) is 17.1 Å². The van der Waals surface area contributed by atoms with Crippen molar-refractivity contribution in [3.05, 3.63) is 42.2 Å². The van der Waals surface area contributed by atoms with Gasteiger partial charge in [-0.15, -0.1) is 0 Å². The van der Waals surface area contributed by atoms with Crippen molar-refractivity contribution in [2.45, 2.75) is 13.0 Å². The maximum absolute atomic E-state index is 12.6. The number of furan rings is 1. The first-order chi connectivity index (χ1) is 12.0. The zero-order chi connectivity index (χ0) is 18.0. The molecule has 25 heavy (non-hydrogen) atoms. The second kappa shape index (κ2) is 6.73. The summed E-state index contributed by atoms with van der Waals surface area (Å²) in [6, 6.07) is 5.11. The standard InChI is InChI=1S/C16H18N6O3/c1-9(18-2)7-19-16(24)11-6-10(12-4-3-5-25-12)21-15-13(14(17)23)20-8-22(11)15/h3-6,8-9,18H,7H2,1-2H3,(H2,17,23)(H,19,24). The molecule has 1 atom stereocenters. The third-order valence-electron chi connectivity index (χ3n) is 3.80. The normalized spacial score (nSPS) is 12.2. The molecular weight excluding hydrogens is 324 g/mol. The Morgan fingerprint density at radius 3 is 2.88 bits per heavy atom. The zero-order valence-electron chi connectivity index (χ0n) is 13.8. The molecule has 0 aliphatic carbocycles. The van der Waals surface area contributed by atoms with Crippen molar-refractivity contribution in [3.63, 3.8) is 0 Å². The van der Waals surface area contributed by atoms with E-state index in [2.05, 4.69) is 20.6 Å². The fourth-order valence-electron chi connectivity index (χ4n) is 2.31. The number of hydrogen-bond donors (Lipinski definition) is 3. The second-order valence-corrected chi connectivity index (χ2v) is 5.55. The fraction of sp³-hybridized carbons (Fsp3) is 0.250. The molecule has 0 aromatic carbocycles. The number of fused-ring (bicyclic) bond motifs is 1. The third-order valence-corrected chi connectivity index (χ3v) is 3.80. The van der Waals surface area contributed by atoms with Crippen molar-refractivity contribution >= 4 is 17.5 Å². The van der Waals surface area contributed by atoms with Gasteiger partial charge in [0, 0.05) is 12.6 Å². The fourth-order valence-corrected chi connectivity index (χ4v) is 2.31. The summed E-state index contributed by atoms with van der Waals surface area (Å²) in [4.78, 5) is 32.5. The van der Waals surface area contributed by atoms with Crippen LogP contribution in [-0.4, -0.2) is 45.8 Å². The number of hydrogen-bond acceptors (Lipinski definition) is 6. The Bertz CT molecular complexity index is 915. The molecule has 0 radical (unpaired) electrons. The van der Waals surface area contributed by atoms with Gasteiger partial charge < -0.3 is 20.8 Å². The van der Waals surface area contributed by atoms with Crippen molar-refractivity contribution < 1.29 is 14.0 Å². The maximum Gasteiger partial charge on any atom is 0.271 e. The van der Waals surface area contributed by atoms with E-state index in [1.807, 2.05) is 14.0 Å². The summed E-state index contributed by atoms with van der Waals surface area (Å²) in [5, 5.41) is 5.87. The molecule has 3 aromatic heterocycles. The highest BCUT2D eigenvalue weighted by atomic mass is 16.3. The van der Waals surface area contributed by atoms with E-state index < -0.39 is 5.91 Å². The van der Waals surface area contributed by atoms with E-state index in [9.17, 15) is 9.59 Å². The zero-order valence-corrected chi connectivity index (χ0v) is 13.8. The highest BCUT2D eigenvalue weighted by Gasteiger charge is 2.20. The van der Waals surface area contributed by atoms with Gasteiger partial charge in [0.05, 0.1) is 6.26 Å². The number of nitrogens with one attached hydrogen (secondary N) is 2. The van der Waals surface area contributed by atoms with Gasteiger partial charge in [-0.05, 0) is 32.2 Å². The van der Waals surface area contributed by atoms with Crippen LogP contribution in [0.4, 0.5) is 0 Å². The summed E-state index contributed by atoms with van der Waals surface area (Å²) in [5.41, 5.74) is 6.23. The van der Waals surface area contributed by atoms with Crippen LogP contribution in [0.25, 0.3) is 17.1 Å². The van der Waals surface area contributed by atoms with Crippen LogP contribution in [0.3, 0.4) is 0 Å². The predicted molar refractivity (Wildman–Crippen MR) is 90.1 cm³/mol. The Labute approximate surface area is 143 Å². The van der Waals surface area contributed by atoms with Crippen LogP contribution in [-0.2, 0) is 0 Å². The quantitative estimate of drug-likeness (QED) is 0.596. The van der Waals surface area contributed by atoms with Gasteiger partial charge in [-0.25, -0.2) is 9.97 Å². The molecule has 4 N–H and O–H groups in total. The third kappa shape index (κ3) is 3.22. The minimum Gasteiger partial charge on any atom is -0.463 e. The van der Waals surface area contributed by atoms with Gasteiger partial charge in [-0.3, -0.25) is 14.0 Å². The van der Waals surface area contributed by atoms with Gasteiger partial charge in [0.1, 0.15) is 17.7 Å². The highest BCUT2D eigenvalue weighted by molar-refractivity contribution is 5.99. The first kappa shape index (κ1) is 16.7. The van der Waals surface area contributed by atoms with Gasteiger partial charge in [0.25, 0.3) is 11.8 Å². The summed E-state index contributed by atoms with van der Waals surface area (Å²) in [6.07, 6.45) is 2.85. The number of imidazole rings is 1. The number of carbonyl (C=O) groups excluding carboxylic acids is 2. The lowest BCUT2D eigenvalue weighted by Crippen LogP contribution is -2.37. The summed E-state index contributed by atoms with van der Waals surface area (Å²) in [7, 11) is 1.81. The van der Waals surface area contributed by atoms with E-state index in [1.165, 1.54) is 17.0 Å². The summed E-state index contributed by atoms with van der Waals surface area (Å²) < 4.78 is 6.78. The molecule has 0 saturated carbocycles. The number of likely N-dealkylation sites (N-methyl/N-ethyl adjacent to an activating group) is 1. The number of rotatable bonds is 6. The number of aromatic nitrogens is 3. The Morgan fingerprint density at radius 2 is 2.24 bits per heavy atom. The minimum atomic E-state index is -0.721. The monoisotopic (exact) mass is 342 g/mol. The molecule has 0 aliphatic rings. The lowest BCUT2D eigenvalue weighted by atomic mass is 10.2. The van der Waals surface area contributed by atoms with Crippen LogP contribution in [0.5, 0.6) is 0 Å². The molecule has 9 heteroatoms. The number of primary amides is 1. The number of carbonyl (C=O) groups is 2. The SMILES string of the molecule is CNC(C)CNC(=O)c1cc(-c2ccco2)nc2c(C(N)=O)ncn12. The van der Waals surface area contributed by atoms with E-state index in [4.69, 9.17) is 10.2 Å². The average molecular weight is 342 g/mol. The Morgan fingerprint density at radius 1 is 1.44 bits per heavy atom. The molecule has 9 nitrogen and oxygen atoms in total. The first-order valence-electron chi connectivity index (χ1n) is 7.68. The maximum atomic E-state index is 12.6. The van der Waals surface area contributed by atoms with Crippen LogP contribution in [0.2, 0.25) is 0 Å². The molecule has 3 heterocycles. The number of nitrogens with two attached hydrogens (primary N) is 1. The molecule has 3 rings (SSSR count). The van der Waals surface area contributed by atoms with E-state index in [0.29, 0.717) is 18.0 Å². The lowest BCUT2D eigenvalue weighted by Gasteiger charge is -2.12. The van der Waals surface area contributed by atoms with Crippen LogP contribution in [0.1, 0.15) is 27.9 Å². The van der Waals surface area contributed by atoms with Crippen LogP contribution in [0, 0.1) is 0 Å². The van der Waals surface area contributed by atoms with Crippen molar-refractivity contribution in [2.75, 3.05) is 13.6 Å². The Kier molecular flexibility index (Phi) is 4.48. The van der Waals surface area contributed by atoms with Crippen molar-refractivity contribution in [2.24, 2.45) is 5.73 Å². The molecule has 1 unspecified atom stereocenters. The smallest absolute Gasteiger partial charge is 0.271 e. The van der Waals surface area contributed by atoms with Crippen LogP contribution >= 0.6 is 0 Å². The molecule has 0 spiro atoms. The largest absolute Gasteiger partial charge is 0.463 e. The molecule has 130 valence electrons. The highest BCUT2D eigenvalue weighted by Crippen LogP contribution is 2.21. The van der Waals surface area contributed by atoms with Crippen LogP contribution < -0.4 is 16.4 Å². The van der Waals surface area contributed by atoms with E-state index in [0.717, 1.165) is 0 Å². The molecule has 3 aromatic rings. The average Bonchev–Trinajstić information content (AvgIpc) is 3.27. The second-order valence-electron chi connectivity index (χ2n) is 5.55. The van der Waals surface area contributed by atoms with Gasteiger partial charge in [-0.2, -0.15) is 0 Å². The van der Waals surface area contributed by atoms with Gasteiger partial charge in [-0.1, -0.05) is 0 Å². The van der Waals surface area contributed by atoms with E-state index >= 15 is 0 Å². The number of nitrogens with zero attached hydrogens (tertiary/aromatic N) is 3. The van der Waals surface area contributed by atoms with Crippen molar-refractivity contribution in [3.8, 4) is 11.5 Å². The first-order valence-corrected chi connectivity index (χ1v) is 7.68. The topological polar surface area (TPSA) is 128 Å². The summed E-state index contributed by atoms with van der Waals surface area (Å²) in [6.45, 7) is 2.38. The summed E-state index contributed by atoms with van der Waals surface area (Å²) >= 11 is 0. The van der Waals surface area contributed by atoms with Crippen molar-refractivity contribution in [1.82, 2.24) is 25.0 Å². The van der Waals surface area contributed by atoms with Crippen LogP contribution in [0.15, 0.2) is 35.2 Å². The van der Waals surface area contributed by atoms with E-state index in [1.54, 1.807) is 18.2 Å². The molecule has 0 aliphatic heterocycles. The molecular formula is C16H18N6O3. The Hall–Kier alpha value is -3.20. The molecule has 2 amide bonds. The Balaban J connectivity index is 2.09. The molecule has 0 bridgehead atoms. The van der Waals surface area contributed by atoms with Gasteiger partial charge >= 0.3 is 0 Å². The molecule has 0 fully saturated rings. The molecule has 0 saturated heterocycles. The number of amides is 2. The van der Waals surface area contributed by atoms with E-state index in [-0.39, 0.29) is 29.0 Å². The van der Waals surface area contributed by atoms with Gasteiger partial charge in [0.2, 0.25) is 0 Å². The summed E-state index contributed by atoms with van der Waals surface area (Å²) in [5.74, 6) is -0.575. The lowest BCUT2D eigenvalue weighted by molar-refractivity contribution is 0.0942.